The van der Waals surface area contributed by atoms with Gasteiger partial charge in [0.15, 0.2) is 6.61 Å². The summed E-state index contributed by atoms with van der Waals surface area (Å²) in [4.78, 5) is 26.1. The van der Waals surface area contributed by atoms with Gasteiger partial charge in [-0.15, -0.1) is 11.3 Å². The maximum atomic E-state index is 12.0. The lowest BCUT2D eigenvalue weighted by Gasteiger charge is -2.28. The molecule has 0 saturated carbocycles. The Morgan fingerprint density at radius 2 is 2.29 bits per heavy atom. The summed E-state index contributed by atoms with van der Waals surface area (Å²) in [5.74, 6) is 0.407. The summed E-state index contributed by atoms with van der Waals surface area (Å²) in [5, 5.41) is 4.68. The van der Waals surface area contributed by atoms with Crippen molar-refractivity contribution in [2.24, 2.45) is 0 Å². The molecule has 21 heavy (non-hydrogen) atoms. The van der Waals surface area contributed by atoms with Crippen molar-refractivity contribution in [2.45, 2.75) is 6.92 Å². The maximum absolute atomic E-state index is 12.0. The number of anilines is 2. The van der Waals surface area contributed by atoms with Crippen LogP contribution in [0.5, 0.6) is 5.75 Å². The molecule has 2 aromatic rings. The first kappa shape index (κ1) is 13.6. The van der Waals surface area contributed by atoms with Gasteiger partial charge in [0, 0.05) is 18.3 Å². The Labute approximate surface area is 126 Å². The molecule has 6 heteroatoms. The summed E-state index contributed by atoms with van der Waals surface area (Å²) in [6.45, 7) is 2.54. The van der Waals surface area contributed by atoms with Crippen LogP contribution in [0.15, 0.2) is 35.7 Å². The fourth-order valence-corrected chi connectivity index (χ4v) is 2.85. The zero-order valence-corrected chi connectivity index (χ0v) is 12.3. The van der Waals surface area contributed by atoms with Crippen molar-refractivity contribution in [1.82, 2.24) is 0 Å². The van der Waals surface area contributed by atoms with E-state index in [-0.39, 0.29) is 18.4 Å². The van der Waals surface area contributed by atoms with Gasteiger partial charge in [-0.05, 0) is 30.5 Å². The smallest absolute Gasteiger partial charge is 0.265 e. The number of carbonyl (C=O) groups is 2. The lowest BCUT2D eigenvalue weighted by molar-refractivity contribution is -0.121. The minimum Gasteiger partial charge on any atom is -0.481 e. The maximum Gasteiger partial charge on any atom is 0.265 e. The van der Waals surface area contributed by atoms with E-state index >= 15 is 0 Å². The van der Waals surface area contributed by atoms with Gasteiger partial charge in [0.25, 0.3) is 11.8 Å². The molecule has 0 unspecified atom stereocenters. The van der Waals surface area contributed by atoms with E-state index in [1.165, 1.54) is 11.3 Å². The van der Waals surface area contributed by atoms with Gasteiger partial charge in [-0.1, -0.05) is 6.07 Å². The van der Waals surface area contributed by atoms with Crippen molar-refractivity contribution in [3.63, 3.8) is 0 Å². The minimum absolute atomic E-state index is 0.0309. The fourth-order valence-electron chi connectivity index (χ4n) is 2.23. The molecule has 0 atom stereocenters. The number of likely N-dealkylation sites (N-methyl/N-ethyl adjacent to an activating group) is 1. The number of ether oxygens (including phenoxy) is 1. The van der Waals surface area contributed by atoms with Crippen LogP contribution in [-0.2, 0) is 4.79 Å². The highest BCUT2D eigenvalue weighted by molar-refractivity contribution is 7.12. The Hall–Kier alpha value is -2.34. The molecule has 3 rings (SSSR count). The van der Waals surface area contributed by atoms with Crippen LogP contribution < -0.4 is 15.0 Å². The van der Waals surface area contributed by atoms with E-state index in [4.69, 9.17) is 4.74 Å². The van der Waals surface area contributed by atoms with Gasteiger partial charge >= 0.3 is 0 Å². The SMILES string of the molecule is CCN1C(=O)COc2cc(NC(=O)c3cccs3)ccc21. The summed E-state index contributed by atoms with van der Waals surface area (Å²) in [7, 11) is 0. The van der Waals surface area contributed by atoms with Crippen molar-refractivity contribution in [2.75, 3.05) is 23.4 Å². The van der Waals surface area contributed by atoms with E-state index in [0.717, 1.165) is 5.69 Å². The zero-order chi connectivity index (χ0) is 14.8. The van der Waals surface area contributed by atoms with E-state index in [2.05, 4.69) is 5.32 Å². The fraction of sp³-hybridized carbons (Fsp3) is 0.200. The molecule has 1 N–H and O–H groups in total. The van der Waals surface area contributed by atoms with Gasteiger partial charge in [-0.3, -0.25) is 9.59 Å². The standard InChI is InChI=1S/C15H14N2O3S/c1-2-17-11-6-5-10(8-12(11)20-9-14(17)18)16-15(19)13-4-3-7-21-13/h3-8H,2,9H2,1H3,(H,16,19). The summed E-state index contributed by atoms with van der Waals surface area (Å²) < 4.78 is 5.44. The third kappa shape index (κ3) is 2.62. The molecular weight excluding hydrogens is 288 g/mol. The molecule has 2 heterocycles. The Kier molecular flexibility index (Phi) is 3.62. The van der Waals surface area contributed by atoms with Crippen molar-refractivity contribution in [3.05, 3.63) is 40.6 Å². The molecule has 0 aliphatic carbocycles. The molecule has 108 valence electrons. The Morgan fingerprint density at radius 1 is 1.43 bits per heavy atom. The van der Waals surface area contributed by atoms with Gasteiger partial charge in [0.05, 0.1) is 10.6 Å². The first-order chi connectivity index (χ1) is 10.2. The van der Waals surface area contributed by atoms with Crippen molar-refractivity contribution in [3.8, 4) is 5.75 Å². The zero-order valence-electron chi connectivity index (χ0n) is 11.5. The van der Waals surface area contributed by atoms with E-state index in [0.29, 0.717) is 22.9 Å². The largest absolute Gasteiger partial charge is 0.481 e. The molecule has 0 spiro atoms. The van der Waals surface area contributed by atoms with Crippen LogP contribution in [0, 0.1) is 0 Å². The summed E-state index contributed by atoms with van der Waals surface area (Å²) >= 11 is 1.39. The normalized spacial score (nSPS) is 13.6. The minimum atomic E-state index is -0.149. The molecule has 0 bridgehead atoms. The van der Waals surface area contributed by atoms with E-state index in [9.17, 15) is 9.59 Å². The number of hydrogen-bond acceptors (Lipinski definition) is 4. The quantitative estimate of drug-likeness (QED) is 0.948. The third-order valence-corrected chi connectivity index (χ3v) is 4.09. The van der Waals surface area contributed by atoms with Crippen molar-refractivity contribution < 1.29 is 14.3 Å². The van der Waals surface area contributed by atoms with Crippen LogP contribution >= 0.6 is 11.3 Å². The van der Waals surface area contributed by atoms with Gasteiger partial charge < -0.3 is 15.0 Å². The second-order valence-corrected chi connectivity index (χ2v) is 5.49. The molecule has 5 nitrogen and oxygen atoms in total. The van der Waals surface area contributed by atoms with Crippen LogP contribution in [-0.4, -0.2) is 25.0 Å². The van der Waals surface area contributed by atoms with E-state index in [1.807, 2.05) is 18.4 Å². The third-order valence-electron chi connectivity index (χ3n) is 3.22. The lowest BCUT2D eigenvalue weighted by atomic mass is 10.2. The molecule has 1 aromatic heterocycles. The van der Waals surface area contributed by atoms with Crippen molar-refractivity contribution in [1.29, 1.82) is 0 Å². The van der Waals surface area contributed by atoms with Crippen LogP contribution in [0.2, 0.25) is 0 Å². The molecule has 0 saturated heterocycles. The number of thiophene rings is 1. The highest BCUT2D eigenvalue weighted by atomic mass is 32.1. The molecule has 0 fully saturated rings. The second-order valence-electron chi connectivity index (χ2n) is 4.54. The molecular formula is C15H14N2O3S. The molecule has 1 aromatic carbocycles. The number of hydrogen-bond donors (Lipinski definition) is 1. The number of carbonyl (C=O) groups excluding carboxylic acids is 2. The molecule has 1 aliphatic rings. The number of amides is 2. The number of nitrogens with zero attached hydrogens (tertiary/aromatic N) is 1. The second kappa shape index (κ2) is 5.57. The Balaban J connectivity index is 1.83. The van der Waals surface area contributed by atoms with Gasteiger partial charge in [-0.25, -0.2) is 0 Å². The molecule has 2 amide bonds. The summed E-state index contributed by atoms with van der Waals surface area (Å²) in [5.41, 5.74) is 1.39. The van der Waals surface area contributed by atoms with E-state index in [1.54, 1.807) is 29.2 Å². The van der Waals surface area contributed by atoms with Crippen LogP contribution in [0.1, 0.15) is 16.6 Å². The van der Waals surface area contributed by atoms with Crippen molar-refractivity contribution >= 4 is 34.5 Å². The molecule has 1 aliphatic heterocycles. The number of nitrogens with one attached hydrogen (secondary N) is 1. The topological polar surface area (TPSA) is 58.6 Å². The Bertz CT molecular complexity index is 682. The number of rotatable bonds is 3. The molecule has 0 radical (unpaired) electrons. The summed E-state index contributed by atoms with van der Waals surface area (Å²) in [6, 6.07) is 8.91. The van der Waals surface area contributed by atoms with E-state index < -0.39 is 0 Å². The summed E-state index contributed by atoms with van der Waals surface area (Å²) in [6.07, 6.45) is 0. The van der Waals surface area contributed by atoms with Crippen LogP contribution in [0.25, 0.3) is 0 Å². The first-order valence-corrected chi connectivity index (χ1v) is 7.49. The highest BCUT2D eigenvalue weighted by Crippen LogP contribution is 2.34. The lowest BCUT2D eigenvalue weighted by Crippen LogP contribution is -2.38. The monoisotopic (exact) mass is 302 g/mol. The number of fused-ring (bicyclic) bond motifs is 1. The first-order valence-electron chi connectivity index (χ1n) is 6.61. The highest BCUT2D eigenvalue weighted by Gasteiger charge is 2.24. The predicted octanol–water partition coefficient (Wildman–Crippen LogP) is 2.75. The average Bonchev–Trinajstić information content (AvgIpc) is 3.02. The van der Waals surface area contributed by atoms with Gasteiger partial charge in [-0.2, -0.15) is 0 Å². The van der Waals surface area contributed by atoms with Crippen LogP contribution in [0.3, 0.4) is 0 Å². The predicted molar refractivity (Wildman–Crippen MR) is 82.2 cm³/mol. The van der Waals surface area contributed by atoms with Gasteiger partial charge in [0.1, 0.15) is 5.75 Å². The Morgan fingerprint density at radius 3 is 3.00 bits per heavy atom. The van der Waals surface area contributed by atoms with Gasteiger partial charge in [0.2, 0.25) is 0 Å². The van der Waals surface area contributed by atoms with Crippen LogP contribution in [0.4, 0.5) is 11.4 Å². The number of benzene rings is 1. The average molecular weight is 302 g/mol.